The van der Waals surface area contributed by atoms with Crippen molar-refractivity contribution in [3.05, 3.63) is 11.6 Å². The van der Waals surface area contributed by atoms with Crippen molar-refractivity contribution in [2.45, 2.75) is 50.4 Å². The molecule has 0 saturated carbocycles. The second-order valence-corrected chi connectivity index (χ2v) is 6.73. The average molecular weight is 252 g/mol. The van der Waals surface area contributed by atoms with Gasteiger partial charge in [0.2, 0.25) is 0 Å². The van der Waals surface area contributed by atoms with Crippen LogP contribution in [0.1, 0.15) is 50.8 Å². The summed E-state index contributed by atoms with van der Waals surface area (Å²) in [6.45, 7) is 6.58. The first-order valence-electron chi connectivity index (χ1n) is 6.55. The Kier molecular flexibility index (Phi) is 2.91. The van der Waals surface area contributed by atoms with Gasteiger partial charge in [0.15, 0.2) is 0 Å². The lowest BCUT2D eigenvalue weighted by Gasteiger charge is -2.28. The Morgan fingerprint density at radius 1 is 1.53 bits per heavy atom. The van der Waals surface area contributed by atoms with Crippen molar-refractivity contribution >= 4 is 11.8 Å². The Balaban J connectivity index is 1.99. The van der Waals surface area contributed by atoms with Crippen LogP contribution < -0.4 is 5.32 Å². The summed E-state index contributed by atoms with van der Waals surface area (Å²) in [5.74, 6) is 3.60. The van der Waals surface area contributed by atoms with Crippen LogP contribution in [0, 0.1) is 0 Å². The number of hydrogen-bond donors (Lipinski definition) is 1. The fourth-order valence-corrected chi connectivity index (χ4v) is 4.22. The topological polar surface area (TPSA) is 42.7 Å². The highest BCUT2D eigenvalue weighted by atomic mass is 32.2. The Labute approximate surface area is 107 Å². The van der Waals surface area contributed by atoms with E-state index in [1.165, 1.54) is 24.4 Å². The molecule has 0 spiro atoms. The molecule has 3 rings (SSSR count). The number of aromatic nitrogens is 3. The molecule has 0 bridgehead atoms. The van der Waals surface area contributed by atoms with Crippen molar-refractivity contribution in [1.29, 1.82) is 0 Å². The Morgan fingerprint density at radius 3 is 3.12 bits per heavy atom. The highest BCUT2D eigenvalue weighted by Crippen LogP contribution is 2.45. The predicted octanol–water partition coefficient (Wildman–Crippen LogP) is 2.07. The number of nitrogens with one attached hydrogen (secondary N) is 1. The molecule has 0 radical (unpaired) electrons. The van der Waals surface area contributed by atoms with E-state index in [2.05, 4.69) is 33.9 Å². The molecule has 4 nitrogen and oxygen atoms in total. The molecule has 2 atom stereocenters. The molecule has 1 aromatic heterocycles. The SMILES string of the molecule is CCC1NCCn2c1nnc2C1(C)CCCS1. The zero-order valence-electron chi connectivity index (χ0n) is 10.6. The predicted molar refractivity (Wildman–Crippen MR) is 70.1 cm³/mol. The van der Waals surface area contributed by atoms with Crippen LogP contribution in [0.25, 0.3) is 0 Å². The van der Waals surface area contributed by atoms with Gasteiger partial charge in [-0.25, -0.2) is 0 Å². The third-order valence-electron chi connectivity index (χ3n) is 3.92. The molecule has 1 saturated heterocycles. The molecule has 2 aliphatic rings. The average Bonchev–Trinajstić information content (AvgIpc) is 2.95. The van der Waals surface area contributed by atoms with E-state index < -0.39 is 0 Å². The van der Waals surface area contributed by atoms with Gasteiger partial charge in [-0.2, -0.15) is 0 Å². The summed E-state index contributed by atoms with van der Waals surface area (Å²) in [5.41, 5.74) is 0. The van der Waals surface area contributed by atoms with Gasteiger partial charge in [-0.15, -0.1) is 22.0 Å². The van der Waals surface area contributed by atoms with E-state index in [9.17, 15) is 0 Å². The number of hydrogen-bond acceptors (Lipinski definition) is 4. The minimum Gasteiger partial charge on any atom is -0.311 e. The smallest absolute Gasteiger partial charge is 0.150 e. The zero-order valence-corrected chi connectivity index (χ0v) is 11.4. The highest BCUT2D eigenvalue weighted by molar-refractivity contribution is 8.00. The summed E-state index contributed by atoms with van der Waals surface area (Å²) in [6, 6.07) is 0.389. The van der Waals surface area contributed by atoms with Crippen LogP contribution in [0.5, 0.6) is 0 Å². The Bertz CT molecular complexity index is 409. The van der Waals surface area contributed by atoms with Crippen molar-refractivity contribution in [1.82, 2.24) is 20.1 Å². The van der Waals surface area contributed by atoms with Crippen molar-refractivity contribution < 1.29 is 0 Å². The minimum atomic E-state index is 0.195. The van der Waals surface area contributed by atoms with Gasteiger partial charge in [-0.3, -0.25) is 0 Å². The largest absolute Gasteiger partial charge is 0.311 e. The van der Waals surface area contributed by atoms with E-state index >= 15 is 0 Å². The Hall–Kier alpha value is -0.550. The molecule has 1 N–H and O–H groups in total. The summed E-state index contributed by atoms with van der Waals surface area (Å²) in [4.78, 5) is 0. The lowest BCUT2D eigenvalue weighted by Crippen LogP contribution is -2.35. The molecule has 1 fully saturated rings. The standard InChI is InChI=1S/C12H20N4S/c1-3-9-10-14-15-11(16(10)7-6-13-9)12(2)5-4-8-17-12/h9,13H,3-8H2,1-2H3. The van der Waals surface area contributed by atoms with E-state index in [4.69, 9.17) is 0 Å². The van der Waals surface area contributed by atoms with Gasteiger partial charge in [0.25, 0.3) is 0 Å². The van der Waals surface area contributed by atoms with Crippen molar-refractivity contribution in [3.63, 3.8) is 0 Å². The number of nitrogens with zero attached hydrogens (tertiary/aromatic N) is 3. The first kappa shape index (κ1) is 11.5. The van der Waals surface area contributed by atoms with Crippen molar-refractivity contribution in [2.75, 3.05) is 12.3 Å². The summed E-state index contributed by atoms with van der Waals surface area (Å²) >= 11 is 2.04. The molecule has 94 valence electrons. The normalized spacial score (nSPS) is 32.7. The zero-order chi connectivity index (χ0) is 11.9. The maximum Gasteiger partial charge on any atom is 0.150 e. The lowest BCUT2D eigenvalue weighted by molar-refractivity contribution is 0.392. The van der Waals surface area contributed by atoms with Gasteiger partial charge in [0, 0.05) is 13.1 Å². The second kappa shape index (κ2) is 4.28. The third-order valence-corrected chi connectivity index (χ3v) is 5.43. The van der Waals surface area contributed by atoms with Gasteiger partial charge in [-0.05, 0) is 31.9 Å². The molecule has 5 heteroatoms. The van der Waals surface area contributed by atoms with Gasteiger partial charge in [0.05, 0.1) is 10.8 Å². The fourth-order valence-electron chi connectivity index (χ4n) is 2.91. The Morgan fingerprint density at radius 2 is 2.41 bits per heavy atom. The molecule has 2 unspecified atom stereocenters. The lowest BCUT2D eigenvalue weighted by atomic mass is 10.0. The van der Waals surface area contributed by atoms with Gasteiger partial charge in [0.1, 0.15) is 11.6 Å². The van der Waals surface area contributed by atoms with Crippen LogP contribution in [0.3, 0.4) is 0 Å². The minimum absolute atomic E-state index is 0.195. The molecule has 0 aromatic carbocycles. The summed E-state index contributed by atoms with van der Waals surface area (Å²) < 4.78 is 2.56. The highest BCUT2D eigenvalue weighted by Gasteiger charge is 2.38. The molecule has 0 aliphatic carbocycles. The first-order valence-corrected chi connectivity index (χ1v) is 7.54. The van der Waals surface area contributed by atoms with E-state index in [-0.39, 0.29) is 4.75 Å². The van der Waals surface area contributed by atoms with Crippen LogP contribution in [0.4, 0.5) is 0 Å². The first-order chi connectivity index (χ1) is 8.24. The van der Waals surface area contributed by atoms with E-state index in [1.807, 2.05) is 11.8 Å². The molecule has 17 heavy (non-hydrogen) atoms. The molecule has 3 heterocycles. The molecule has 1 aromatic rings. The summed E-state index contributed by atoms with van der Waals surface area (Å²) in [6.07, 6.45) is 3.63. The monoisotopic (exact) mass is 252 g/mol. The summed E-state index contributed by atoms with van der Waals surface area (Å²) in [5, 5.41) is 12.4. The fraction of sp³-hybridized carbons (Fsp3) is 0.833. The number of thioether (sulfide) groups is 1. The van der Waals surface area contributed by atoms with Gasteiger partial charge >= 0.3 is 0 Å². The van der Waals surface area contributed by atoms with Crippen LogP contribution in [0.2, 0.25) is 0 Å². The maximum atomic E-state index is 4.50. The van der Waals surface area contributed by atoms with Gasteiger partial charge < -0.3 is 9.88 Å². The molecular weight excluding hydrogens is 232 g/mol. The van der Waals surface area contributed by atoms with Crippen LogP contribution >= 0.6 is 11.8 Å². The van der Waals surface area contributed by atoms with Crippen LogP contribution in [-0.4, -0.2) is 27.1 Å². The molecule has 2 aliphatic heterocycles. The van der Waals surface area contributed by atoms with E-state index in [0.29, 0.717) is 6.04 Å². The van der Waals surface area contributed by atoms with Crippen LogP contribution in [-0.2, 0) is 11.3 Å². The van der Waals surface area contributed by atoms with Crippen LogP contribution in [0.15, 0.2) is 0 Å². The number of rotatable bonds is 2. The van der Waals surface area contributed by atoms with Gasteiger partial charge in [-0.1, -0.05) is 6.92 Å². The molecule has 0 amide bonds. The van der Waals surface area contributed by atoms with E-state index in [1.54, 1.807) is 0 Å². The molecular formula is C12H20N4S. The summed E-state index contributed by atoms with van der Waals surface area (Å²) in [7, 11) is 0. The second-order valence-electron chi connectivity index (χ2n) is 5.13. The number of fused-ring (bicyclic) bond motifs is 1. The quantitative estimate of drug-likeness (QED) is 0.875. The maximum absolute atomic E-state index is 4.50. The van der Waals surface area contributed by atoms with Crippen molar-refractivity contribution in [2.24, 2.45) is 0 Å². The van der Waals surface area contributed by atoms with Crippen molar-refractivity contribution in [3.8, 4) is 0 Å². The van der Waals surface area contributed by atoms with E-state index in [0.717, 1.165) is 25.3 Å². The third kappa shape index (κ3) is 1.80.